The van der Waals surface area contributed by atoms with Crippen LogP contribution in [0.5, 0.6) is 11.5 Å². The first-order chi connectivity index (χ1) is 14.7. The highest BCUT2D eigenvalue weighted by Crippen LogP contribution is 2.22. The van der Waals surface area contributed by atoms with Crippen LogP contribution in [0.3, 0.4) is 0 Å². The van der Waals surface area contributed by atoms with E-state index in [1.54, 1.807) is 30.3 Å². The number of nitrogens with one attached hydrogen (secondary N) is 1. The highest BCUT2D eigenvalue weighted by atomic mass is 32.2. The first kappa shape index (κ1) is 22.0. The van der Waals surface area contributed by atoms with Gasteiger partial charge >= 0.3 is 5.97 Å². The Labute approximate surface area is 179 Å². The second-order valence-corrected chi connectivity index (χ2v) is 8.11. The number of ether oxygens (including phenoxy) is 2. The molecule has 0 radical (unpaired) electrons. The molecule has 0 bridgehead atoms. The van der Waals surface area contributed by atoms with Crippen molar-refractivity contribution < 1.29 is 27.5 Å². The molecule has 0 aromatic heterocycles. The van der Waals surface area contributed by atoms with Gasteiger partial charge in [0.05, 0.1) is 10.5 Å². The van der Waals surface area contributed by atoms with Crippen molar-refractivity contribution in [3.63, 3.8) is 0 Å². The molecule has 9 heteroatoms. The molecule has 3 aromatic rings. The van der Waals surface area contributed by atoms with Crippen LogP contribution in [0.15, 0.2) is 83.8 Å². The molecule has 1 amide bonds. The predicted octanol–water partition coefficient (Wildman–Crippen LogP) is 3.31. The largest absolute Gasteiger partial charge is 0.457 e. The minimum atomic E-state index is -3.83. The van der Waals surface area contributed by atoms with Gasteiger partial charge in [0.15, 0.2) is 6.10 Å². The van der Waals surface area contributed by atoms with Gasteiger partial charge in [-0.3, -0.25) is 4.79 Å². The second kappa shape index (κ2) is 9.41. The summed E-state index contributed by atoms with van der Waals surface area (Å²) in [7, 11) is -3.83. The number of hydrogen-bond acceptors (Lipinski definition) is 6. The minimum Gasteiger partial charge on any atom is -0.457 e. The average Bonchev–Trinajstić information content (AvgIpc) is 2.74. The summed E-state index contributed by atoms with van der Waals surface area (Å²) >= 11 is 0. The summed E-state index contributed by atoms with van der Waals surface area (Å²) in [5.74, 6) is -0.193. The lowest BCUT2D eigenvalue weighted by Gasteiger charge is -2.14. The summed E-state index contributed by atoms with van der Waals surface area (Å²) in [5, 5.41) is 7.58. The molecule has 0 spiro atoms. The summed E-state index contributed by atoms with van der Waals surface area (Å²) in [6, 6.07) is 20.8. The Kier molecular flexibility index (Phi) is 6.68. The van der Waals surface area contributed by atoms with Crippen LogP contribution >= 0.6 is 0 Å². The fourth-order valence-electron chi connectivity index (χ4n) is 2.57. The fraction of sp³-hybridized carbons (Fsp3) is 0.0909. The van der Waals surface area contributed by atoms with Crippen LogP contribution in [0.2, 0.25) is 0 Å². The molecule has 3 aromatic carbocycles. The molecule has 0 aliphatic heterocycles. The Bertz CT molecular complexity index is 1180. The van der Waals surface area contributed by atoms with Crippen LogP contribution in [-0.2, 0) is 19.6 Å². The Morgan fingerprint density at radius 2 is 1.55 bits per heavy atom. The number of para-hydroxylation sites is 1. The zero-order chi connectivity index (χ0) is 22.4. The lowest BCUT2D eigenvalue weighted by Crippen LogP contribution is -2.30. The highest BCUT2D eigenvalue weighted by molar-refractivity contribution is 7.89. The van der Waals surface area contributed by atoms with E-state index in [0.29, 0.717) is 17.2 Å². The van der Waals surface area contributed by atoms with Gasteiger partial charge in [-0.05, 0) is 61.5 Å². The van der Waals surface area contributed by atoms with E-state index in [9.17, 15) is 18.0 Å². The van der Waals surface area contributed by atoms with Crippen molar-refractivity contribution in [1.82, 2.24) is 0 Å². The van der Waals surface area contributed by atoms with Crippen molar-refractivity contribution >= 4 is 27.6 Å². The molecule has 0 aliphatic carbocycles. The van der Waals surface area contributed by atoms with E-state index in [2.05, 4.69) is 5.32 Å². The number of anilines is 1. The number of primary sulfonamides is 1. The van der Waals surface area contributed by atoms with Gasteiger partial charge in [-0.1, -0.05) is 24.3 Å². The number of hydrogen-bond donors (Lipinski definition) is 2. The van der Waals surface area contributed by atoms with Gasteiger partial charge in [0.25, 0.3) is 5.91 Å². The molecule has 0 saturated heterocycles. The molecular formula is C22H20N2O6S. The highest BCUT2D eigenvalue weighted by Gasteiger charge is 2.20. The summed E-state index contributed by atoms with van der Waals surface area (Å²) in [6.07, 6.45) is -1.09. The third-order valence-corrected chi connectivity index (χ3v) is 5.08. The average molecular weight is 440 g/mol. The zero-order valence-corrected chi connectivity index (χ0v) is 17.3. The fourth-order valence-corrected chi connectivity index (χ4v) is 3.08. The van der Waals surface area contributed by atoms with Crippen molar-refractivity contribution in [2.75, 3.05) is 5.32 Å². The summed E-state index contributed by atoms with van der Waals surface area (Å²) in [4.78, 5) is 24.7. The van der Waals surface area contributed by atoms with Crippen LogP contribution in [0, 0.1) is 0 Å². The number of carbonyl (C=O) groups excluding carboxylic acids is 2. The molecular weight excluding hydrogens is 420 g/mol. The standard InChI is InChI=1S/C22H20N2O6S/c1-15(21(25)24-17-10-12-20(13-11-17)31(23,27)28)29-22(26)16-6-5-9-19(14-16)30-18-7-3-2-4-8-18/h2-15H,1H3,(H,24,25)(H2,23,27,28)/t15-/m1/s1. The third kappa shape index (κ3) is 6.14. The third-order valence-electron chi connectivity index (χ3n) is 4.15. The van der Waals surface area contributed by atoms with Crippen molar-refractivity contribution in [2.45, 2.75) is 17.9 Å². The number of amides is 1. The molecule has 0 fully saturated rings. The predicted molar refractivity (Wildman–Crippen MR) is 114 cm³/mol. The van der Waals surface area contributed by atoms with Gasteiger partial charge in [0, 0.05) is 5.69 Å². The molecule has 8 nitrogen and oxygen atoms in total. The summed E-state index contributed by atoms with van der Waals surface area (Å²) in [5.41, 5.74) is 0.559. The number of sulfonamides is 1. The summed E-state index contributed by atoms with van der Waals surface area (Å²) in [6.45, 7) is 1.43. The maximum absolute atomic E-state index is 12.4. The first-order valence-corrected chi connectivity index (χ1v) is 10.7. The van der Waals surface area contributed by atoms with E-state index < -0.39 is 28.0 Å². The van der Waals surface area contributed by atoms with Gasteiger partial charge < -0.3 is 14.8 Å². The van der Waals surface area contributed by atoms with Crippen LogP contribution in [0.25, 0.3) is 0 Å². The monoisotopic (exact) mass is 440 g/mol. The van der Waals surface area contributed by atoms with Crippen molar-refractivity contribution in [3.8, 4) is 11.5 Å². The Morgan fingerprint density at radius 1 is 0.903 bits per heavy atom. The van der Waals surface area contributed by atoms with E-state index in [1.807, 2.05) is 18.2 Å². The van der Waals surface area contributed by atoms with Gasteiger partial charge in [-0.25, -0.2) is 18.4 Å². The second-order valence-electron chi connectivity index (χ2n) is 6.55. The van der Waals surface area contributed by atoms with Crippen molar-refractivity contribution in [2.24, 2.45) is 5.14 Å². The van der Waals surface area contributed by atoms with Crippen molar-refractivity contribution in [1.29, 1.82) is 0 Å². The lowest BCUT2D eigenvalue weighted by molar-refractivity contribution is -0.123. The van der Waals surface area contributed by atoms with E-state index in [4.69, 9.17) is 14.6 Å². The smallest absolute Gasteiger partial charge is 0.339 e. The van der Waals surface area contributed by atoms with E-state index in [1.165, 1.54) is 37.3 Å². The zero-order valence-electron chi connectivity index (χ0n) is 16.5. The topological polar surface area (TPSA) is 125 Å². The first-order valence-electron chi connectivity index (χ1n) is 9.20. The van der Waals surface area contributed by atoms with Crippen LogP contribution in [0.1, 0.15) is 17.3 Å². The molecule has 0 aliphatic rings. The Morgan fingerprint density at radius 3 is 2.19 bits per heavy atom. The van der Waals surface area contributed by atoms with Crippen LogP contribution in [-0.4, -0.2) is 26.4 Å². The van der Waals surface area contributed by atoms with Crippen molar-refractivity contribution in [3.05, 3.63) is 84.4 Å². The number of esters is 1. The van der Waals surface area contributed by atoms with Gasteiger partial charge in [0.2, 0.25) is 10.0 Å². The van der Waals surface area contributed by atoms with E-state index in [0.717, 1.165) is 0 Å². The van der Waals surface area contributed by atoms with E-state index in [-0.39, 0.29) is 10.5 Å². The maximum Gasteiger partial charge on any atom is 0.339 e. The SMILES string of the molecule is C[C@@H](OC(=O)c1cccc(Oc2ccccc2)c1)C(=O)Nc1ccc(S(N)(=O)=O)cc1. The molecule has 0 unspecified atom stereocenters. The lowest BCUT2D eigenvalue weighted by atomic mass is 10.2. The van der Waals surface area contributed by atoms with E-state index >= 15 is 0 Å². The Hall–Kier alpha value is -3.69. The van der Waals surface area contributed by atoms with Gasteiger partial charge in [-0.2, -0.15) is 0 Å². The number of carbonyl (C=O) groups is 2. The molecule has 3 rings (SSSR count). The molecule has 3 N–H and O–H groups in total. The van der Waals surface area contributed by atoms with Crippen LogP contribution in [0.4, 0.5) is 5.69 Å². The molecule has 0 saturated carbocycles. The normalized spacial score (nSPS) is 11.9. The number of nitrogens with two attached hydrogens (primary N) is 1. The maximum atomic E-state index is 12.4. The number of rotatable bonds is 7. The molecule has 1 atom stereocenters. The molecule has 0 heterocycles. The minimum absolute atomic E-state index is 0.0809. The van der Waals surface area contributed by atoms with Crippen LogP contribution < -0.4 is 15.2 Å². The molecule has 31 heavy (non-hydrogen) atoms. The summed E-state index contributed by atoms with van der Waals surface area (Å²) < 4.78 is 33.5. The molecule has 160 valence electrons. The quantitative estimate of drug-likeness (QED) is 0.543. The van der Waals surface area contributed by atoms with Gasteiger partial charge in [-0.15, -0.1) is 0 Å². The van der Waals surface area contributed by atoms with Gasteiger partial charge in [0.1, 0.15) is 11.5 Å². The number of benzene rings is 3. The Balaban J connectivity index is 1.61.